The predicted molar refractivity (Wildman–Crippen MR) is 41.6 cm³/mol. The lowest BCUT2D eigenvalue weighted by Crippen LogP contribution is -2.51. The van der Waals surface area contributed by atoms with Crippen molar-refractivity contribution in [2.45, 2.75) is 38.8 Å². The second-order valence-electron chi connectivity index (χ2n) is 3.78. The van der Waals surface area contributed by atoms with E-state index in [1.807, 2.05) is 0 Å². The molecule has 0 saturated carbocycles. The lowest BCUT2D eigenvalue weighted by Gasteiger charge is -2.35. The second-order valence-corrected chi connectivity index (χ2v) is 3.78. The standard InChI is InChI=1S/C6H15BN2/c1-5(2)6(3,4)9-7-8-5/h7-9H,1-4H3. The first-order valence-electron chi connectivity index (χ1n) is 3.46. The van der Waals surface area contributed by atoms with Crippen LogP contribution in [0.1, 0.15) is 27.7 Å². The van der Waals surface area contributed by atoms with Crippen LogP contribution in [0.3, 0.4) is 0 Å². The minimum atomic E-state index is 0.229. The van der Waals surface area contributed by atoms with Gasteiger partial charge in [0.15, 0.2) is 0 Å². The summed E-state index contributed by atoms with van der Waals surface area (Å²) in [5.41, 5.74) is 0.458. The van der Waals surface area contributed by atoms with Crippen LogP contribution >= 0.6 is 0 Å². The minimum Gasteiger partial charge on any atom is -0.339 e. The van der Waals surface area contributed by atoms with Crippen LogP contribution in [0.15, 0.2) is 0 Å². The van der Waals surface area contributed by atoms with Crippen molar-refractivity contribution >= 4 is 7.55 Å². The third-order valence-corrected chi connectivity index (χ3v) is 2.62. The van der Waals surface area contributed by atoms with Crippen LogP contribution in [-0.4, -0.2) is 18.6 Å². The summed E-state index contributed by atoms with van der Waals surface area (Å²) < 4.78 is 0. The van der Waals surface area contributed by atoms with Crippen LogP contribution in [0.25, 0.3) is 0 Å². The van der Waals surface area contributed by atoms with Gasteiger partial charge in [0.1, 0.15) is 0 Å². The molecular formula is C6H15BN2. The van der Waals surface area contributed by atoms with E-state index < -0.39 is 0 Å². The summed E-state index contributed by atoms with van der Waals surface area (Å²) >= 11 is 0. The number of nitrogens with one attached hydrogen (secondary N) is 2. The average Bonchev–Trinajstić information content (AvgIpc) is 1.81. The monoisotopic (exact) mass is 126 g/mol. The van der Waals surface area contributed by atoms with Crippen molar-refractivity contribution in [2.24, 2.45) is 0 Å². The average molecular weight is 126 g/mol. The predicted octanol–water partition coefficient (Wildman–Crippen LogP) is 0.00290. The fourth-order valence-corrected chi connectivity index (χ4v) is 0.928. The summed E-state index contributed by atoms with van der Waals surface area (Å²) in [6.45, 7) is 8.86. The van der Waals surface area contributed by atoms with Crippen LogP contribution in [-0.2, 0) is 0 Å². The molecule has 3 heteroatoms. The van der Waals surface area contributed by atoms with Crippen LogP contribution < -0.4 is 10.5 Å². The van der Waals surface area contributed by atoms with E-state index in [0.29, 0.717) is 0 Å². The SMILES string of the molecule is CC1(C)NBNC1(C)C. The Labute approximate surface area is 57.7 Å². The van der Waals surface area contributed by atoms with Gasteiger partial charge >= 0.3 is 0 Å². The zero-order valence-electron chi connectivity index (χ0n) is 6.71. The van der Waals surface area contributed by atoms with Crippen molar-refractivity contribution in [3.63, 3.8) is 0 Å². The molecule has 0 amide bonds. The molecule has 1 fully saturated rings. The van der Waals surface area contributed by atoms with Gasteiger partial charge in [0.25, 0.3) is 7.55 Å². The van der Waals surface area contributed by atoms with Gasteiger partial charge in [-0.25, -0.2) is 0 Å². The van der Waals surface area contributed by atoms with Gasteiger partial charge in [-0.1, -0.05) is 0 Å². The van der Waals surface area contributed by atoms with Gasteiger partial charge in [0, 0.05) is 11.1 Å². The maximum atomic E-state index is 3.38. The molecule has 52 valence electrons. The highest BCUT2D eigenvalue weighted by atomic mass is 15.1. The van der Waals surface area contributed by atoms with Gasteiger partial charge in [0.05, 0.1) is 0 Å². The summed E-state index contributed by atoms with van der Waals surface area (Å²) in [6, 6.07) is 0. The van der Waals surface area contributed by atoms with E-state index in [9.17, 15) is 0 Å². The van der Waals surface area contributed by atoms with Crippen molar-refractivity contribution in [3.8, 4) is 0 Å². The molecule has 0 aromatic heterocycles. The van der Waals surface area contributed by atoms with Gasteiger partial charge in [0.2, 0.25) is 0 Å². The normalized spacial score (nSPS) is 29.8. The van der Waals surface area contributed by atoms with Gasteiger partial charge in [-0.15, -0.1) is 0 Å². The molecule has 0 unspecified atom stereocenters. The van der Waals surface area contributed by atoms with Crippen LogP contribution in [0, 0.1) is 0 Å². The topological polar surface area (TPSA) is 24.1 Å². The Kier molecular flexibility index (Phi) is 1.37. The molecule has 1 heterocycles. The molecule has 0 radical (unpaired) electrons. The lowest BCUT2D eigenvalue weighted by atomic mass is 9.85. The summed E-state index contributed by atoms with van der Waals surface area (Å²) in [6.07, 6.45) is 0. The number of hydrogen-bond donors (Lipinski definition) is 2. The molecule has 0 aromatic rings. The Morgan fingerprint density at radius 3 is 1.33 bits per heavy atom. The zero-order chi connectivity index (χ0) is 7.12. The highest BCUT2D eigenvalue weighted by molar-refractivity contribution is 6.30. The quantitative estimate of drug-likeness (QED) is 0.446. The maximum Gasteiger partial charge on any atom is 0.287 e. The van der Waals surface area contributed by atoms with E-state index in [4.69, 9.17) is 0 Å². The van der Waals surface area contributed by atoms with Crippen LogP contribution in [0.2, 0.25) is 0 Å². The lowest BCUT2D eigenvalue weighted by molar-refractivity contribution is 0.295. The van der Waals surface area contributed by atoms with E-state index >= 15 is 0 Å². The summed E-state index contributed by atoms with van der Waals surface area (Å²) in [7, 11) is 0.931. The third-order valence-electron chi connectivity index (χ3n) is 2.62. The summed E-state index contributed by atoms with van der Waals surface area (Å²) in [5, 5.41) is 6.75. The van der Waals surface area contributed by atoms with E-state index in [-0.39, 0.29) is 11.1 Å². The summed E-state index contributed by atoms with van der Waals surface area (Å²) in [4.78, 5) is 0. The van der Waals surface area contributed by atoms with Gasteiger partial charge in [-0.05, 0) is 27.7 Å². The van der Waals surface area contributed by atoms with E-state index in [1.54, 1.807) is 0 Å². The first kappa shape index (κ1) is 7.10. The molecule has 2 nitrogen and oxygen atoms in total. The van der Waals surface area contributed by atoms with Crippen molar-refractivity contribution in [1.29, 1.82) is 0 Å². The van der Waals surface area contributed by atoms with Crippen LogP contribution in [0.4, 0.5) is 0 Å². The summed E-state index contributed by atoms with van der Waals surface area (Å²) in [5.74, 6) is 0. The molecule has 0 bridgehead atoms. The largest absolute Gasteiger partial charge is 0.339 e. The van der Waals surface area contributed by atoms with Gasteiger partial charge < -0.3 is 10.5 Å². The third kappa shape index (κ3) is 0.991. The Hall–Kier alpha value is -0.0151. The molecular weight excluding hydrogens is 111 g/mol. The van der Waals surface area contributed by atoms with Gasteiger partial charge in [-0.3, -0.25) is 0 Å². The van der Waals surface area contributed by atoms with Gasteiger partial charge in [-0.2, -0.15) is 0 Å². The molecule has 1 aliphatic heterocycles. The molecule has 0 aliphatic carbocycles. The van der Waals surface area contributed by atoms with E-state index in [1.165, 1.54) is 0 Å². The molecule has 1 saturated heterocycles. The Morgan fingerprint density at radius 2 is 1.22 bits per heavy atom. The number of hydrogen-bond acceptors (Lipinski definition) is 2. The fraction of sp³-hybridized carbons (Fsp3) is 1.00. The zero-order valence-corrected chi connectivity index (χ0v) is 6.71. The highest BCUT2D eigenvalue weighted by Crippen LogP contribution is 2.23. The first-order valence-corrected chi connectivity index (χ1v) is 3.46. The van der Waals surface area contributed by atoms with Crippen molar-refractivity contribution in [2.75, 3.05) is 0 Å². The van der Waals surface area contributed by atoms with E-state index in [0.717, 1.165) is 7.55 Å². The molecule has 0 spiro atoms. The molecule has 0 atom stereocenters. The molecule has 1 rings (SSSR count). The fourth-order valence-electron chi connectivity index (χ4n) is 0.928. The molecule has 2 N–H and O–H groups in total. The van der Waals surface area contributed by atoms with Crippen molar-refractivity contribution in [3.05, 3.63) is 0 Å². The van der Waals surface area contributed by atoms with Crippen molar-refractivity contribution in [1.82, 2.24) is 10.5 Å². The number of rotatable bonds is 0. The van der Waals surface area contributed by atoms with Crippen LogP contribution in [0.5, 0.6) is 0 Å². The highest BCUT2D eigenvalue weighted by Gasteiger charge is 2.40. The Bertz CT molecular complexity index is 106. The maximum absolute atomic E-state index is 3.38. The second kappa shape index (κ2) is 1.73. The smallest absolute Gasteiger partial charge is 0.287 e. The molecule has 1 aliphatic rings. The molecule has 0 aromatic carbocycles. The Balaban J connectivity index is 2.75. The Morgan fingerprint density at radius 1 is 0.889 bits per heavy atom. The van der Waals surface area contributed by atoms with Crippen molar-refractivity contribution < 1.29 is 0 Å². The van der Waals surface area contributed by atoms with E-state index in [2.05, 4.69) is 38.2 Å². The molecule has 9 heavy (non-hydrogen) atoms. The first-order chi connectivity index (χ1) is 3.96. The minimum absolute atomic E-state index is 0.229.